The second-order valence-electron chi connectivity index (χ2n) is 7.94. The quantitative estimate of drug-likeness (QED) is 0.397. The zero-order valence-corrected chi connectivity index (χ0v) is 19.6. The van der Waals surface area contributed by atoms with Crippen molar-refractivity contribution in [2.24, 2.45) is 0 Å². The number of carbonyl (C=O) groups is 1. The molecule has 0 saturated carbocycles. The highest BCUT2D eigenvalue weighted by Gasteiger charge is 2.20. The van der Waals surface area contributed by atoms with E-state index in [9.17, 15) is 13.2 Å². The Balaban J connectivity index is 1.41. The summed E-state index contributed by atoms with van der Waals surface area (Å²) in [6.07, 6.45) is 0.539. The topological polar surface area (TPSA) is 88.9 Å². The number of fused-ring (bicyclic) bond motifs is 3. The molecule has 4 aromatic rings. The Morgan fingerprint density at radius 3 is 2.48 bits per heavy atom. The van der Waals surface area contributed by atoms with Crippen LogP contribution in [0.15, 0.2) is 70.0 Å². The van der Waals surface area contributed by atoms with E-state index < -0.39 is 10.0 Å². The number of anilines is 1. The zero-order valence-electron chi connectivity index (χ0n) is 18.8. The van der Waals surface area contributed by atoms with Crippen LogP contribution in [-0.2, 0) is 14.8 Å². The van der Waals surface area contributed by atoms with Crippen LogP contribution in [0, 0.1) is 6.92 Å². The molecule has 1 heterocycles. The normalized spacial score (nSPS) is 11.9. The maximum Gasteiger partial charge on any atom is 0.242 e. The van der Waals surface area contributed by atoms with Crippen LogP contribution >= 0.6 is 0 Å². The molecule has 0 aliphatic carbocycles. The van der Waals surface area contributed by atoms with E-state index in [-0.39, 0.29) is 23.8 Å². The molecule has 0 bridgehead atoms. The minimum absolute atomic E-state index is 0.162. The van der Waals surface area contributed by atoms with E-state index in [4.69, 9.17) is 9.15 Å². The summed E-state index contributed by atoms with van der Waals surface area (Å²) in [6, 6.07) is 18.0. The van der Waals surface area contributed by atoms with E-state index in [1.165, 1.54) is 11.4 Å². The number of hydrogen-bond acceptors (Lipinski definition) is 5. The highest BCUT2D eigenvalue weighted by atomic mass is 32.2. The van der Waals surface area contributed by atoms with Crippen LogP contribution in [0.25, 0.3) is 21.9 Å². The van der Waals surface area contributed by atoms with Crippen molar-refractivity contribution in [3.8, 4) is 5.75 Å². The lowest BCUT2D eigenvalue weighted by molar-refractivity contribution is -0.116. The van der Waals surface area contributed by atoms with Crippen molar-refractivity contribution in [3.63, 3.8) is 0 Å². The Labute approximate surface area is 193 Å². The third-order valence-corrected chi connectivity index (χ3v) is 7.45. The summed E-state index contributed by atoms with van der Waals surface area (Å²) in [5.74, 6) is 0.298. The van der Waals surface area contributed by atoms with Crippen molar-refractivity contribution in [1.82, 2.24) is 4.31 Å². The van der Waals surface area contributed by atoms with E-state index >= 15 is 0 Å². The number of aryl methyl sites for hydroxylation is 1. The molecule has 3 aromatic carbocycles. The van der Waals surface area contributed by atoms with Crippen molar-refractivity contribution in [2.45, 2.75) is 24.7 Å². The van der Waals surface area contributed by atoms with E-state index in [1.54, 1.807) is 37.4 Å². The molecule has 0 aliphatic heterocycles. The Morgan fingerprint density at radius 1 is 1.03 bits per heavy atom. The van der Waals surface area contributed by atoms with Gasteiger partial charge in [0.05, 0.1) is 17.7 Å². The number of nitrogens with one attached hydrogen (secondary N) is 1. The first kappa shape index (κ1) is 22.8. The van der Waals surface area contributed by atoms with Crippen molar-refractivity contribution < 1.29 is 22.4 Å². The van der Waals surface area contributed by atoms with Crippen LogP contribution in [0.5, 0.6) is 5.75 Å². The monoisotopic (exact) mass is 466 g/mol. The zero-order chi connectivity index (χ0) is 23.6. The van der Waals surface area contributed by atoms with Crippen molar-refractivity contribution in [2.75, 3.05) is 26.0 Å². The Morgan fingerprint density at radius 2 is 1.76 bits per heavy atom. The Hall–Kier alpha value is -3.36. The number of furan rings is 1. The number of carbonyl (C=O) groups excluding carboxylic acids is 1. The van der Waals surface area contributed by atoms with Crippen molar-refractivity contribution >= 4 is 43.6 Å². The molecular formula is C25H26N2O5S. The fourth-order valence-corrected chi connectivity index (χ4v) is 4.91. The fraction of sp³-hybridized carbons (Fsp3) is 0.240. The average Bonchev–Trinajstić information content (AvgIpc) is 3.16. The number of hydrogen-bond donors (Lipinski definition) is 1. The van der Waals surface area contributed by atoms with Gasteiger partial charge in [-0.3, -0.25) is 4.79 Å². The highest BCUT2D eigenvalue weighted by Crippen LogP contribution is 2.36. The van der Waals surface area contributed by atoms with Gasteiger partial charge in [-0.05, 0) is 37.6 Å². The SMILES string of the molecule is COc1cc2c(cc1NC(=O)CCCN(C)S(=O)(=O)c1ccc(C)cc1)oc1ccccc12. The number of nitrogens with zero attached hydrogens (tertiary/aromatic N) is 1. The molecule has 4 rings (SSSR count). The van der Waals surface area contributed by atoms with Crippen molar-refractivity contribution in [1.29, 1.82) is 0 Å². The van der Waals surface area contributed by atoms with Gasteiger partial charge in [0, 0.05) is 36.9 Å². The van der Waals surface area contributed by atoms with Gasteiger partial charge in [0.1, 0.15) is 16.9 Å². The lowest BCUT2D eigenvalue weighted by Gasteiger charge is -2.17. The number of benzene rings is 3. The second kappa shape index (κ2) is 9.25. The highest BCUT2D eigenvalue weighted by molar-refractivity contribution is 7.89. The maximum absolute atomic E-state index is 12.7. The first-order valence-corrected chi connectivity index (χ1v) is 12.1. The molecule has 0 fully saturated rings. The molecule has 0 atom stereocenters. The predicted molar refractivity (Wildman–Crippen MR) is 129 cm³/mol. The fourth-order valence-electron chi connectivity index (χ4n) is 3.70. The molecule has 7 nitrogen and oxygen atoms in total. The second-order valence-corrected chi connectivity index (χ2v) is 9.98. The summed E-state index contributed by atoms with van der Waals surface area (Å²) in [7, 11) is -0.526. The lowest BCUT2D eigenvalue weighted by Crippen LogP contribution is -2.28. The Kier molecular flexibility index (Phi) is 6.40. The molecule has 1 amide bonds. The van der Waals surface area contributed by atoms with E-state index in [1.807, 2.05) is 37.3 Å². The molecule has 0 saturated heterocycles. The van der Waals surface area contributed by atoms with Crippen LogP contribution in [0.2, 0.25) is 0 Å². The summed E-state index contributed by atoms with van der Waals surface area (Å²) in [5.41, 5.74) is 2.91. The number of rotatable bonds is 8. The van der Waals surface area contributed by atoms with Gasteiger partial charge in [-0.15, -0.1) is 0 Å². The summed E-state index contributed by atoms with van der Waals surface area (Å²) in [5, 5.41) is 4.74. The van der Waals surface area contributed by atoms with Gasteiger partial charge in [0.15, 0.2) is 0 Å². The molecule has 8 heteroatoms. The van der Waals surface area contributed by atoms with Crippen LogP contribution in [0.1, 0.15) is 18.4 Å². The van der Waals surface area contributed by atoms with E-state index in [2.05, 4.69) is 5.32 Å². The van der Waals surface area contributed by atoms with Gasteiger partial charge < -0.3 is 14.5 Å². The average molecular weight is 467 g/mol. The third kappa shape index (κ3) is 4.72. The number of para-hydroxylation sites is 1. The van der Waals surface area contributed by atoms with Crippen LogP contribution in [0.3, 0.4) is 0 Å². The molecule has 0 spiro atoms. The van der Waals surface area contributed by atoms with Crippen LogP contribution in [0.4, 0.5) is 5.69 Å². The van der Waals surface area contributed by atoms with Gasteiger partial charge in [-0.1, -0.05) is 35.9 Å². The summed E-state index contributed by atoms with van der Waals surface area (Å²) in [4.78, 5) is 12.8. The van der Waals surface area contributed by atoms with Gasteiger partial charge >= 0.3 is 0 Å². The molecule has 0 aliphatic rings. The van der Waals surface area contributed by atoms with E-state index in [0.29, 0.717) is 23.4 Å². The first-order chi connectivity index (χ1) is 15.8. The molecule has 1 aromatic heterocycles. The molecule has 0 radical (unpaired) electrons. The molecule has 172 valence electrons. The summed E-state index contributed by atoms with van der Waals surface area (Å²) < 4.78 is 38.0. The smallest absolute Gasteiger partial charge is 0.242 e. The largest absolute Gasteiger partial charge is 0.495 e. The standard InChI is InChI=1S/C25H26N2O5S/c1-17-10-12-18(13-11-17)33(29,30)27(2)14-6-9-25(28)26-21-16-23-20(15-24(21)31-3)19-7-4-5-8-22(19)32-23/h4-5,7-8,10-13,15-16H,6,9,14H2,1-3H3,(H,26,28). The third-order valence-electron chi connectivity index (χ3n) is 5.58. The predicted octanol–water partition coefficient (Wildman–Crippen LogP) is 4.94. The number of methoxy groups -OCH3 is 1. The van der Waals surface area contributed by atoms with Gasteiger partial charge in [0.2, 0.25) is 15.9 Å². The van der Waals surface area contributed by atoms with Crippen LogP contribution < -0.4 is 10.1 Å². The van der Waals surface area contributed by atoms with E-state index in [0.717, 1.165) is 21.9 Å². The van der Waals surface area contributed by atoms with Gasteiger partial charge in [-0.25, -0.2) is 12.7 Å². The van der Waals surface area contributed by atoms with Crippen molar-refractivity contribution in [3.05, 3.63) is 66.2 Å². The molecular weight excluding hydrogens is 440 g/mol. The molecule has 33 heavy (non-hydrogen) atoms. The lowest BCUT2D eigenvalue weighted by atomic mass is 10.1. The molecule has 0 unspecified atom stereocenters. The van der Waals surface area contributed by atoms with Gasteiger partial charge in [-0.2, -0.15) is 0 Å². The maximum atomic E-state index is 12.7. The van der Waals surface area contributed by atoms with Gasteiger partial charge in [0.25, 0.3) is 0 Å². The number of ether oxygens (including phenoxy) is 1. The minimum Gasteiger partial charge on any atom is -0.495 e. The minimum atomic E-state index is -3.59. The Bertz CT molecular complexity index is 1410. The van der Waals surface area contributed by atoms with Crippen LogP contribution in [-0.4, -0.2) is 39.3 Å². The summed E-state index contributed by atoms with van der Waals surface area (Å²) >= 11 is 0. The molecule has 1 N–H and O–H groups in total. The number of amides is 1. The number of sulfonamides is 1. The summed E-state index contributed by atoms with van der Waals surface area (Å²) in [6.45, 7) is 2.13. The first-order valence-electron chi connectivity index (χ1n) is 10.6.